The van der Waals surface area contributed by atoms with Crippen LogP contribution in [-0.4, -0.2) is 51.3 Å². The van der Waals surface area contributed by atoms with Crippen molar-refractivity contribution in [3.63, 3.8) is 0 Å². The van der Waals surface area contributed by atoms with Gasteiger partial charge in [0, 0.05) is 17.7 Å². The van der Waals surface area contributed by atoms with Crippen molar-refractivity contribution in [2.45, 2.75) is 20.0 Å². The largest absolute Gasteiger partial charge is 0.454 e. The number of oxime groups is 1. The zero-order valence-corrected chi connectivity index (χ0v) is 17.7. The average Bonchev–Trinajstić information content (AvgIpc) is 3.27. The van der Waals surface area contributed by atoms with E-state index in [0.29, 0.717) is 23.8 Å². The summed E-state index contributed by atoms with van der Waals surface area (Å²) >= 11 is 0. The van der Waals surface area contributed by atoms with Crippen LogP contribution in [0, 0.1) is 0 Å². The van der Waals surface area contributed by atoms with Crippen molar-refractivity contribution < 1.29 is 28.7 Å². The van der Waals surface area contributed by atoms with Crippen LogP contribution in [0.25, 0.3) is 0 Å². The van der Waals surface area contributed by atoms with Gasteiger partial charge >= 0.3 is 0 Å². The molecular weight excluding hydrogens is 398 g/mol. The monoisotopic (exact) mass is 426 g/mol. The summed E-state index contributed by atoms with van der Waals surface area (Å²) in [6.45, 7) is 6.93. The number of carbonyl (C=O) groups is 1. The van der Waals surface area contributed by atoms with Gasteiger partial charge in [-0.05, 0) is 30.7 Å². The van der Waals surface area contributed by atoms with Crippen molar-refractivity contribution >= 4 is 11.6 Å². The Kier molecular flexibility index (Phi) is 7.01. The maximum Gasteiger partial charge on any atom is 0.261 e. The Morgan fingerprint density at radius 2 is 1.87 bits per heavy atom. The molecule has 164 valence electrons. The number of hydrogen-bond acceptors (Lipinski definition) is 6. The Balaban J connectivity index is 1.25. The topological polar surface area (TPSA) is 82.8 Å². The summed E-state index contributed by atoms with van der Waals surface area (Å²) in [5.74, 6) is 1.19. The molecule has 8 nitrogen and oxygen atoms in total. The molecule has 4 rings (SSSR count). The molecule has 2 aliphatic rings. The van der Waals surface area contributed by atoms with Crippen molar-refractivity contribution in [3.8, 4) is 11.5 Å². The highest BCUT2D eigenvalue weighted by atomic mass is 16.7. The van der Waals surface area contributed by atoms with Gasteiger partial charge in [-0.3, -0.25) is 4.79 Å². The van der Waals surface area contributed by atoms with E-state index in [9.17, 15) is 4.79 Å². The number of benzene rings is 2. The number of rotatable bonds is 8. The van der Waals surface area contributed by atoms with Crippen LogP contribution >= 0.6 is 0 Å². The molecule has 31 heavy (non-hydrogen) atoms. The van der Waals surface area contributed by atoms with Crippen molar-refractivity contribution in [2.24, 2.45) is 5.16 Å². The van der Waals surface area contributed by atoms with E-state index in [1.807, 2.05) is 37.3 Å². The highest BCUT2D eigenvalue weighted by Crippen LogP contribution is 2.32. The quantitative estimate of drug-likeness (QED) is 0.484. The second-order valence-corrected chi connectivity index (χ2v) is 7.60. The molecule has 0 aromatic heterocycles. The second kappa shape index (κ2) is 10.3. The number of morpholine rings is 1. The van der Waals surface area contributed by atoms with Gasteiger partial charge in [-0.2, -0.15) is 0 Å². The minimum Gasteiger partial charge on any atom is -0.454 e. The number of nitrogens with one attached hydrogen (secondary N) is 2. The molecule has 2 heterocycles. The molecular formula is C23H28N3O5+. The normalized spacial score (nSPS) is 16.2. The SMILES string of the molecule is C/C(=N/OCC(=O)NCc1ccccc1C[NH+]1CCOCC1)c1ccc2c(c1)OCO2. The van der Waals surface area contributed by atoms with Gasteiger partial charge in [-0.1, -0.05) is 29.4 Å². The van der Waals surface area contributed by atoms with E-state index in [1.165, 1.54) is 10.5 Å². The van der Waals surface area contributed by atoms with Crippen LogP contribution in [0.15, 0.2) is 47.6 Å². The standard InChI is InChI=1S/C23H27N3O5/c1-17(18-6-7-21-22(12-18)30-16-29-21)25-31-15-23(27)24-13-19-4-2-3-5-20(19)14-26-8-10-28-11-9-26/h2-7,12H,8-11,13-16H2,1H3,(H,24,27)/p+1/b25-17-. The van der Waals surface area contributed by atoms with Gasteiger partial charge in [0.2, 0.25) is 6.79 Å². The van der Waals surface area contributed by atoms with Crippen molar-refractivity contribution in [1.29, 1.82) is 0 Å². The lowest BCUT2D eigenvalue weighted by Gasteiger charge is -2.24. The van der Waals surface area contributed by atoms with E-state index < -0.39 is 0 Å². The summed E-state index contributed by atoms with van der Waals surface area (Å²) in [5.41, 5.74) is 3.88. The minimum atomic E-state index is -0.212. The van der Waals surface area contributed by atoms with Crippen molar-refractivity contribution in [2.75, 3.05) is 39.7 Å². The van der Waals surface area contributed by atoms with Crippen molar-refractivity contribution in [1.82, 2.24) is 5.32 Å². The summed E-state index contributed by atoms with van der Waals surface area (Å²) in [6, 6.07) is 13.8. The Morgan fingerprint density at radius 3 is 2.71 bits per heavy atom. The number of ether oxygens (including phenoxy) is 3. The van der Waals surface area contributed by atoms with Crippen LogP contribution in [0.1, 0.15) is 23.6 Å². The van der Waals surface area contributed by atoms with E-state index in [0.717, 1.165) is 44.0 Å². The zero-order valence-electron chi connectivity index (χ0n) is 17.7. The first-order valence-corrected chi connectivity index (χ1v) is 10.5. The molecule has 0 unspecified atom stereocenters. The van der Waals surface area contributed by atoms with E-state index in [2.05, 4.69) is 22.6 Å². The van der Waals surface area contributed by atoms with Crippen LogP contribution in [0.3, 0.4) is 0 Å². The first-order chi connectivity index (χ1) is 15.2. The number of amides is 1. The van der Waals surface area contributed by atoms with Crippen LogP contribution in [0.2, 0.25) is 0 Å². The molecule has 2 N–H and O–H groups in total. The molecule has 0 radical (unpaired) electrons. The average molecular weight is 426 g/mol. The summed E-state index contributed by atoms with van der Waals surface area (Å²) < 4.78 is 16.1. The van der Waals surface area contributed by atoms with Gasteiger partial charge in [0.05, 0.1) is 18.9 Å². The van der Waals surface area contributed by atoms with Gasteiger partial charge in [0.1, 0.15) is 19.6 Å². The highest BCUT2D eigenvalue weighted by Gasteiger charge is 2.16. The lowest BCUT2D eigenvalue weighted by molar-refractivity contribution is -0.921. The Labute approximate surface area is 181 Å². The number of carbonyl (C=O) groups excluding carboxylic acids is 1. The molecule has 1 fully saturated rings. The maximum atomic E-state index is 12.2. The predicted molar refractivity (Wildman–Crippen MR) is 114 cm³/mol. The zero-order chi connectivity index (χ0) is 21.5. The van der Waals surface area contributed by atoms with E-state index >= 15 is 0 Å². The molecule has 0 atom stereocenters. The van der Waals surface area contributed by atoms with Gasteiger partial charge in [0.25, 0.3) is 5.91 Å². The van der Waals surface area contributed by atoms with E-state index in [4.69, 9.17) is 19.0 Å². The predicted octanol–water partition coefficient (Wildman–Crippen LogP) is 0.887. The molecule has 8 heteroatoms. The van der Waals surface area contributed by atoms with Gasteiger partial charge in [-0.15, -0.1) is 0 Å². The van der Waals surface area contributed by atoms with Crippen LogP contribution in [0.4, 0.5) is 0 Å². The first-order valence-electron chi connectivity index (χ1n) is 10.5. The summed E-state index contributed by atoms with van der Waals surface area (Å²) in [6.07, 6.45) is 0. The van der Waals surface area contributed by atoms with Gasteiger partial charge in [0.15, 0.2) is 18.1 Å². The fourth-order valence-electron chi connectivity index (χ4n) is 3.62. The third-order valence-corrected chi connectivity index (χ3v) is 5.42. The molecule has 0 bridgehead atoms. The Hall–Kier alpha value is -3.10. The Morgan fingerprint density at radius 1 is 1.10 bits per heavy atom. The van der Waals surface area contributed by atoms with Crippen LogP contribution in [-0.2, 0) is 27.5 Å². The fourth-order valence-corrected chi connectivity index (χ4v) is 3.62. The summed E-state index contributed by atoms with van der Waals surface area (Å²) in [4.78, 5) is 19.0. The first kappa shape index (κ1) is 21.1. The molecule has 2 aliphatic heterocycles. The lowest BCUT2D eigenvalue weighted by Crippen LogP contribution is -3.12. The van der Waals surface area contributed by atoms with E-state index in [1.54, 1.807) is 0 Å². The van der Waals surface area contributed by atoms with E-state index in [-0.39, 0.29) is 19.3 Å². The lowest BCUT2D eigenvalue weighted by atomic mass is 10.1. The van der Waals surface area contributed by atoms with Gasteiger partial charge in [-0.25, -0.2) is 0 Å². The van der Waals surface area contributed by atoms with Crippen LogP contribution in [0.5, 0.6) is 11.5 Å². The van der Waals surface area contributed by atoms with Crippen LogP contribution < -0.4 is 19.7 Å². The number of hydrogen-bond donors (Lipinski definition) is 2. The molecule has 0 aliphatic carbocycles. The third-order valence-electron chi connectivity index (χ3n) is 5.42. The molecule has 2 aromatic rings. The molecule has 2 aromatic carbocycles. The summed E-state index contributed by atoms with van der Waals surface area (Å²) in [5, 5.41) is 6.97. The molecule has 0 saturated carbocycles. The number of nitrogens with zero attached hydrogens (tertiary/aromatic N) is 1. The smallest absolute Gasteiger partial charge is 0.261 e. The second-order valence-electron chi connectivity index (χ2n) is 7.60. The third kappa shape index (κ3) is 5.74. The molecule has 1 saturated heterocycles. The number of fused-ring (bicyclic) bond motifs is 1. The highest BCUT2D eigenvalue weighted by molar-refractivity contribution is 5.99. The minimum absolute atomic E-state index is 0.140. The van der Waals surface area contributed by atoms with Crippen molar-refractivity contribution in [3.05, 3.63) is 59.2 Å². The molecule has 0 spiro atoms. The maximum absolute atomic E-state index is 12.2. The molecule has 1 amide bonds. The van der Waals surface area contributed by atoms with Gasteiger partial charge < -0.3 is 29.3 Å². The summed E-state index contributed by atoms with van der Waals surface area (Å²) in [7, 11) is 0. The Bertz CT molecular complexity index is 941. The number of quaternary nitrogens is 1. The fraction of sp³-hybridized carbons (Fsp3) is 0.391.